The van der Waals surface area contributed by atoms with Crippen LogP contribution in [0.1, 0.15) is 22.5 Å². The number of hydrogen-bond acceptors (Lipinski definition) is 10. The first-order valence-corrected chi connectivity index (χ1v) is 19.6. The standard InChI is InChI=1S/C23H19Cl2N7.C19H21Cl2N5O4/c24-17-5-9-19(10-6-17)31-13-1-3-21(31)15-27-29-23(26)30-28-16-22-4-2-14-32(22)20-11-7-18(25)8-12-20;1-27-13-7-5-11(15(20)17(13)29-3)9-23-25-19(22)26-24-10-12-6-8-14(28-2)18(30-4)16(12)21/h1-16H,(H3,26,29,30);5-10H,1-4H3,(H3,22,25,26)/b27-15+,28-16+;23-9+,24-10+. The molecule has 2 heterocycles. The van der Waals surface area contributed by atoms with E-state index < -0.39 is 0 Å². The fraction of sp³-hybridized carbons (Fsp3) is 0.0952. The van der Waals surface area contributed by atoms with Crippen molar-refractivity contribution in [3.05, 3.63) is 152 Å². The fourth-order valence-corrected chi connectivity index (χ4v) is 6.18. The van der Waals surface area contributed by atoms with Crippen molar-refractivity contribution in [2.45, 2.75) is 0 Å². The van der Waals surface area contributed by atoms with Crippen LogP contribution in [-0.4, -0.2) is 74.4 Å². The summed E-state index contributed by atoms with van der Waals surface area (Å²) in [5.74, 6) is 1.84. The molecule has 6 aromatic rings. The van der Waals surface area contributed by atoms with Crippen LogP contribution in [0.25, 0.3) is 11.4 Å². The maximum atomic E-state index is 6.28. The molecule has 16 nitrogen and oxygen atoms in total. The van der Waals surface area contributed by atoms with Crippen LogP contribution in [0.5, 0.6) is 23.0 Å². The van der Waals surface area contributed by atoms with E-state index in [-0.39, 0.29) is 11.9 Å². The third-order valence-electron chi connectivity index (χ3n) is 8.28. The van der Waals surface area contributed by atoms with Gasteiger partial charge in [-0.05, 0) is 97.1 Å². The lowest BCUT2D eigenvalue weighted by atomic mass is 10.2. The van der Waals surface area contributed by atoms with Gasteiger partial charge in [-0.25, -0.2) is 10.9 Å². The van der Waals surface area contributed by atoms with Crippen LogP contribution in [0.15, 0.2) is 140 Å². The molecule has 0 fully saturated rings. The van der Waals surface area contributed by atoms with Gasteiger partial charge in [-0.1, -0.05) is 46.4 Å². The summed E-state index contributed by atoms with van der Waals surface area (Å²) in [6.45, 7) is 0. The molecule has 0 saturated heterocycles. The Kier molecular flexibility index (Phi) is 17.2. The Balaban J connectivity index is 0.000000235. The number of halogens is 4. The molecular weight excluding hydrogens is 878 g/mol. The molecule has 0 atom stereocenters. The van der Waals surface area contributed by atoms with E-state index in [0.29, 0.717) is 54.2 Å². The Morgan fingerprint density at radius 3 is 1.39 bits per heavy atom. The topological polar surface area (TPSA) is 197 Å². The van der Waals surface area contributed by atoms with Gasteiger partial charge in [0.25, 0.3) is 0 Å². The molecule has 2 aromatic heterocycles. The largest absolute Gasteiger partial charge is 0.493 e. The van der Waals surface area contributed by atoms with Gasteiger partial charge in [0.05, 0.1) is 74.7 Å². The van der Waals surface area contributed by atoms with Crippen molar-refractivity contribution in [3.8, 4) is 34.4 Å². The summed E-state index contributed by atoms with van der Waals surface area (Å²) in [6.07, 6.45) is 10.00. The molecule has 0 bridgehead atoms. The molecule has 62 heavy (non-hydrogen) atoms. The van der Waals surface area contributed by atoms with Crippen molar-refractivity contribution in [2.75, 3.05) is 28.4 Å². The first-order chi connectivity index (χ1) is 30.1. The smallest absolute Gasteiger partial charge is 0.234 e. The zero-order valence-electron chi connectivity index (χ0n) is 33.6. The van der Waals surface area contributed by atoms with Gasteiger partial charge in [0.15, 0.2) is 23.0 Å². The van der Waals surface area contributed by atoms with Crippen LogP contribution >= 0.6 is 46.4 Å². The van der Waals surface area contributed by atoms with E-state index in [1.807, 2.05) is 94.3 Å². The van der Waals surface area contributed by atoms with Crippen molar-refractivity contribution in [2.24, 2.45) is 42.1 Å². The highest BCUT2D eigenvalue weighted by Gasteiger charge is 2.13. The van der Waals surface area contributed by atoms with Crippen molar-refractivity contribution in [3.63, 3.8) is 0 Å². The molecule has 320 valence electrons. The van der Waals surface area contributed by atoms with E-state index in [9.17, 15) is 0 Å². The van der Waals surface area contributed by atoms with Crippen molar-refractivity contribution in [1.82, 2.24) is 20.0 Å². The molecule has 0 spiro atoms. The highest BCUT2D eigenvalue weighted by atomic mass is 35.5. The molecule has 0 unspecified atom stereocenters. The monoisotopic (exact) mass is 916 g/mol. The lowest BCUT2D eigenvalue weighted by Gasteiger charge is -2.10. The van der Waals surface area contributed by atoms with E-state index >= 15 is 0 Å². The van der Waals surface area contributed by atoms with E-state index in [0.717, 1.165) is 22.8 Å². The average molecular weight is 919 g/mol. The number of nitrogens with two attached hydrogens (primary N) is 2. The number of nitrogens with zero attached hydrogens (tertiary/aromatic N) is 8. The van der Waals surface area contributed by atoms with Crippen LogP contribution in [0.3, 0.4) is 0 Å². The van der Waals surface area contributed by atoms with Gasteiger partial charge < -0.3 is 39.5 Å². The lowest BCUT2D eigenvalue weighted by Crippen LogP contribution is -2.26. The molecule has 0 saturated carbocycles. The van der Waals surface area contributed by atoms with E-state index in [2.05, 4.69) is 41.5 Å². The van der Waals surface area contributed by atoms with Crippen LogP contribution in [0.4, 0.5) is 0 Å². The first kappa shape index (κ1) is 46.1. The number of hydrogen-bond donors (Lipinski definition) is 4. The maximum absolute atomic E-state index is 6.28. The summed E-state index contributed by atoms with van der Waals surface area (Å²) in [5.41, 5.74) is 21.6. The zero-order chi connectivity index (χ0) is 44.4. The van der Waals surface area contributed by atoms with Gasteiger partial charge in [0.2, 0.25) is 11.9 Å². The highest BCUT2D eigenvalue weighted by Crippen LogP contribution is 2.37. The minimum Gasteiger partial charge on any atom is -0.493 e. The van der Waals surface area contributed by atoms with Crippen molar-refractivity contribution < 1.29 is 18.9 Å². The third-order valence-corrected chi connectivity index (χ3v) is 9.56. The summed E-state index contributed by atoms with van der Waals surface area (Å²) in [7, 11) is 6.04. The van der Waals surface area contributed by atoms with Gasteiger partial charge in [-0.3, -0.25) is 0 Å². The SMILES string of the molecule is COc1ccc(/C=N/N=C(N)N/N=C/c2ccc(OC)c(OC)c2Cl)c(Cl)c1OC.NC(=N/N=C/c1cccn1-c1ccc(Cl)cc1)N/N=C/c1cccn1-c1ccc(Cl)cc1. The Morgan fingerprint density at radius 1 is 0.516 bits per heavy atom. The van der Waals surface area contributed by atoms with E-state index in [1.54, 1.807) is 36.7 Å². The minimum atomic E-state index is -0.0456. The molecule has 6 rings (SSSR count). The van der Waals surface area contributed by atoms with Gasteiger partial charge in [0.1, 0.15) is 0 Å². The molecule has 20 heteroatoms. The number of ether oxygens (including phenoxy) is 4. The van der Waals surface area contributed by atoms with Crippen molar-refractivity contribution in [1.29, 1.82) is 0 Å². The number of nitrogens with one attached hydrogen (secondary N) is 2. The van der Waals surface area contributed by atoms with Crippen molar-refractivity contribution >= 4 is 83.2 Å². The van der Waals surface area contributed by atoms with Crippen LogP contribution in [0, 0.1) is 0 Å². The number of hydrazone groups is 2. The normalized spacial score (nSPS) is 11.9. The lowest BCUT2D eigenvalue weighted by molar-refractivity contribution is 0.355. The number of guanidine groups is 2. The average Bonchev–Trinajstić information content (AvgIpc) is 3.95. The number of rotatable bonds is 14. The molecule has 0 aliphatic carbocycles. The van der Waals surface area contributed by atoms with E-state index in [4.69, 9.17) is 76.8 Å². The molecule has 6 N–H and O–H groups in total. The quantitative estimate of drug-likeness (QED) is 0.0477. The Hall–Kier alpha value is -6.98. The number of aromatic nitrogens is 2. The second-order valence-corrected chi connectivity index (χ2v) is 13.8. The minimum absolute atomic E-state index is 0.0456. The second-order valence-electron chi connectivity index (χ2n) is 12.2. The van der Waals surface area contributed by atoms with Gasteiger partial charge in [-0.2, -0.15) is 20.4 Å². The van der Waals surface area contributed by atoms with Gasteiger partial charge >= 0.3 is 0 Å². The third kappa shape index (κ3) is 12.5. The summed E-state index contributed by atoms with van der Waals surface area (Å²) in [4.78, 5) is 0. The first-order valence-electron chi connectivity index (χ1n) is 18.1. The highest BCUT2D eigenvalue weighted by molar-refractivity contribution is 6.35. The molecular formula is C42H40Cl4N12O4. The molecule has 0 aliphatic rings. The summed E-state index contributed by atoms with van der Waals surface area (Å²) >= 11 is 24.5. The van der Waals surface area contributed by atoms with Gasteiger partial charge in [-0.15, -0.1) is 10.2 Å². The van der Waals surface area contributed by atoms with Crippen LogP contribution < -0.4 is 41.3 Å². The zero-order valence-corrected chi connectivity index (χ0v) is 36.6. The maximum Gasteiger partial charge on any atom is 0.234 e. The number of methoxy groups -OCH3 is 4. The van der Waals surface area contributed by atoms with Crippen LogP contribution in [0.2, 0.25) is 20.1 Å². The van der Waals surface area contributed by atoms with Crippen LogP contribution in [-0.2, 0) is 0 Å². The Morgan fingerprint density at radius 2 is 0.935 bits per heavy atom. The molecule has 0 amide bonds. The molecule has 0 aliphatic heterocycles. The fourth-order valence-electron chi connectivity index (χ4n) is 5.36. The molecule has 0 radical (unpaired) electrons. The number of benzene rings is 4. The summed E-state index contributed by atoms with van der Waals surface area (Å²) in [6, 6.07) is 29.6. The van der Waals surface area contributed by atoms with E-state index in [1.165, 1.54) is 40.9 Å². The predicted molar refractivity (Wildman–Crippen MR) is 251 cm³/mol. The Labute approximate surface area is 377 Å². The Bertz CT molecular complexity index is 2610. The van der Waals surface area contributed by atoms with Gasteiger partial charge in [0, 0.05) is 44.9 Å². The summed E-state index contributed by atoms with van der Waals surface area (Å²) < 4.78 is 24.8. The molecule has 4 aromatic carbocycles. The second kappa shape index (κ2) is 23.1. The predicted octanol–water partition coefficient (Wildman–Crippen LogP) is 8.15. The summed E-state index contributed by atoms with van der Waals surface area (Å²) in [5, 5.41) is 25.8.